The van der Waals surface area contributed by atoms with Crippen LogP contribution in [0.4, 0.5) is 15.9 Å². The van der Waals surface area contributed by atoms with Crippen molar-refractivity contribution < 1.29 is 8.91 Å². The molecule has 0 saturated carbocycles. The maximum absolute atomic E-state index is 14.5. The predicted molar refractivity (Wildman–Crippen MR) is 142 cm³/mol. The van der Waals surface area contributed by atoms with Crippen molar-refractivity contribution in [2.24, 2.45) is 0 Å². The maximum Gasteiger partial charge on any atom is 0.181 e. The Morgan fingerprint density at radius 1 is 0.972 bits per heavy atom. The highest BCUT2D eigenvalue weighted by Gasteiger charge is 2.14. The average molecular weight is 497 g/mol. The van der Waals surface area contributed by atoms with Crippen molar-refractivity contribution in [3.63, 3.8) is 0 Å². The number of rotatable bonds is 6. The number of aromatic nitrogens is 1. The Labute approximate surface area is 213 Å². The second-order valence-corrected chi connectivity index (χ2v) is 9.18. The van der Waals surface area contributed by atoms with Crippen LogP contribution >= 0.6 is 11.6 Å². The fourth-order valence-corrected chi connectivity index (χ4v) is 4.35. The first kappa shape index (κ1) is 23.6. The van der Waals surface area contributed by atoms with E-state index in [0.717, 1.165) is 28.7 Å². The van der Waals surface area contributed by atoms with E-state index in [1.807, 2.05) is 44.4 Å². The topological polar surface area (TPSA) is 65.1 Å². The third-order valence-electron chi connectivity index (χ3n) is 5.90. The van der Waals surface area contributed by atoms with Gasteiger partial charge in [-0.05, 0) is 67.2 Å². The van der Waals surface area contributed by atoms with E-state index in [1.54, 1.807) is 30.3 Å². The van der Waals surface area contributed by atoms with Crippen molar-refractivity contribution in [2.75, 3.05) is 19.4 Å². The Balaban J connectivity index is 1.45. The minimum atomic E-state index is -0.476. The molecule has 0 aliphatic carbocycles. The van der Waals surface area contributed by atoms with Crippen LogP contribution in [0.3, 0.4) is 0 Å². The van der Waals surface area contributed by atoms with E-state index in [9.17, 15) is 9.65 Å². The fourth-order valence-electron chi connectivity index (χ4n) is 4.17. The number of hydrogen-bond donors (Lipinski definition) is 1. The summed E-state index contributed by atoms with van der Waals surface area (Å²) < 4.78 is 20.0. The molecular weight excluding hydrogens is 475 g/mol. The number of halogens is 2. The summed E-state index contributed by atoms with van der Waals surface area (Å²) in [5, 5.41) is 17.9. The van der Waals surface area contributed by atoms with Crippen molar-refractivity contribution in [1.82, 2.24) is 10.1 Å². The second kappa shape index (κ2) is 9.82. The molecule has 36 heavy (non-hydrogen) atoms. The van der Waals surface area contributed by atoms with Gasteiger partial charge in [-0.2, -0.15) is 5.26 Å². The molecule has 0 saturated heterocycles. The summed E-state index contributed by atoms with van der Waals surface area (Å²) in [4.78, 5) is 2.11. The first-order chi connectivity index (χ1) is 17.4. The zero-order valence-corrected chi connectivity index (χ0v) is 20.5. The maximum atomic E-state index is 14.5. The molecule has 1 heterocycles. The molecule has 178 valence electrons. The Hall–Kier alpha value is -4.18. The Morgan fingerprint density at radius 3 is 2.50 bits per heavy atom. The van der Waals surface area contributed by atoms with Crippen LogP contribution in [0.1, 0.15) is 11.1 Å². The molecule has 0 atom stereocenters. The third kappa shape index (κ3) is 4.67. The van der Waals surface area contributed by atoms with E-state index < -0.39 is 5.82 Å². The molecule has 0 unspecified atom stereocenters. The molecule has 7 heteroatoms. The molecular formula is C29H22ClFN4O. The summed E-state index contributed by atoms with van der Waals surface area (Å²) in [7, 11) is 4.06. The number of nitrogens with zero attached hydrogens (tertiary/aromatic N) is 3. The number of nitrogens with one attached hydrogen (secondary N) is 1. The summed E-state index contributed by atoms with van der Waals surface area (Å²) in [5.74, 6) is 0.0522. The normalized spacial score (nSPS) is 11.1. The minimum Gasteiger partial charge on any atom is -0.354 e. The van der Waals surface area contributed by atoms with E-state index in [4.69, 9.17) is 16.1 Å². The van der Waals surface area contributed by atoms with Crippen molar-refractivity contribution in [2.45, 2.75) is 6.54 Å². The van der Waals surface area contributed by atoms with Gasteiger partial charge in [0.2, 0.25) is 0 Å². The number of benzene rings is 4. The number of fused-ring (bicyclic) bond motifs is 1. The van der Waals surface area contributed by atoms with Gasteiger partial charge in [0.05, 0.1) is 22.0 Å². The van der Waals surface area contributed by atoms with Crippen LogP contribution in [0, 0.1) is 17.1 Å². The number of hydrogen-bond acceptors (Lipinski definition) is 5. The molecule has 1 aromatic heterocycles. The first-order valence-electron chi connectivity index (χ1n) is 11.3. The van der Waals surface area contributed by atoms with Crippen LogP contribution in [0.5, 0.6) is 0 Å². The van der Waals surface area contributed by atoms with Crippen molar-refractivity contribution >= 4 is 34.1 Å². The fraction of sp³-hybridized carbons (Fsp3) is 0.103. The standard InChI is InChI=1S/C29H22ClFN4O/c1-35(2)17-18-6-8-19(9-7-18)25-15-22(12-10-21(25)16-32)33-29-24-13-11-20(14-27(24)36-34-29)23-4-3-5-26(30)28(23)31/h3-15H,17H2,1-2H3,(H,33,34). The van der Waals surface area contributed by atoms with E-state index in [2.05, 4.69) is 33.6 Å². The van der Waals surface area contributed by atoms with E-state index >= 15 is 0 Å². The Kier molecular flexibility index (Phi) is 6.43. The highest BCUT2D eigenvalue weighted by molar-refractivity contribution is 6.31. The lowest BCUT2D eigenvalue weighted by molar-refractivity contribution is 0.402. The highest BCUT2D eigenvalue weighted by Crippen LogP contribution is 2.34. The monoisotopic (exact) mass is 496 g/mol. The zero-order chi connectivity index (χ0) is 25.2. The van der Waals surface area contributed by atoms with Crippen LogP contribution < -0.4 is 5.32 Å². The predicted octanol–water partition coefficient (Wildman–Crippen LogP) is 7.63. The van der Waals surface area contributed by atoms with Gasteiger partial charge >= 0.3 is 0 Å². The van der Waals surface area contributed by atoms with Crippen LogP contribution in [0.2, 0.25) is 5.02 Å². The summed E-state index contributed by atoms with van der Waals surface area (Å²) in [5.41, 5.74) is 5.87. The quantitative estimate of drug-likeness (QED) is 0.262. The zero-order valence-electron chi connectivity index (χ0n) is 19.7. The number of nitriles is 1. The van der Waals surface area contributed by atoms with Crippen LogP contribution in [-0.4, -0.2) is 24.2 Å². The first-order valence-corrected chi connectivity index (χ1v) is 11.7. The molecule has 0 aliphatic heterocycles. The van der Waals surface area contributed by atoms with Gasteiger partial charge in [-0.25, -0.2) is 4.39 Å². The molecule has 0 spiro atoms. The van der Waals surface area contributed by atoms with E-state index in [-0.39, 0.29) is 5.02 Å². The van der Waals surface area contributed by atoms with Crippen molar-refractivity contribution in [3.8, 4) is 28.3 Å². The molecule has 5 aromatic rings. The molecule has 0 aliphatic rings. The van der Waals surface area contributed by atoms with Gasteiger partial charge in [0.15, 0.2) is 11.4 Å². The van der Waals surface area contributed by atoms with Gasteiger partial charge in [-0.15, -0.1) is 0 Å². The van der Waals surface area contributed by atoms with Crippen molar-refractivity contribution in [1.29, 1.82) is 5.26 Å². The SMILES string of the molecule is CN(C)Cc1ccc(-c2cc(Nc3noc4cc(-c5cccc(Cl)c5F)ccc34)ccc2C#N)cc1. The lowest BCUT2D eigenvalue weighted by Gasteiger charge is -2.12. The molecule has 1 N–H and O–H groups in total. The van der Waals surface area contributed by atoms with Crippen LogP contribution in [0.15, 0.2) is 83.4 Å². The van der Waals surface area contributed by atoms with Gasteiger partial charge in [0, 0.05) is 23.4 Å². The largest absolute Gasteiger partial charge is 0.354 e. The molecule has 0 bridgehead atoms. The van der Waals surface area contributed by atoms with E-state index in [1.165, 1.54) is 11.6 Å². The molecule has 0 fully saturated rings. The van der Waals surface area contributed by atoms with Gasteiger partial charge in [0.1, 0.15) is 5.82 Å². The van der Waals surface area contributed by atoms with E-state index in [0.29, 0.717) is 28.1 Å². The van der Waals surface area contributed by atoms with Crippen LogP contribution in [-0.2, 0) is 6.54 Å². The highest BCUT2D eigenvalue weighted by atomic mass is 35.5. The summed E-state index contributed by atoms with van der Waals surface area (Å²) in [6, 6.07) is 26.3. The lowest BCUT2D eigenvalue weighted by atomic mass is 9.98. The smallest absolute Gasteiger partial charge is 0.181 e. The van der Waals surface area contributed by atoms with Gasteiger partial charge < -0.3 is 14.7 Å². The second-order valence-electron chi connectivity index (χ2n) is 8.78. The van der Waals surface area contributed by atoms with Gasteiger partial charge in [0.25, 0.3) is 0 Å². The van der Waals surface area contributed by atoms with Crippen molar-refractivity contribution in [3.05, 3.63) is 101 Å². The molecule has 0 amide bonds. The Morgan fingerprint density at radius 2 is 1.75 bits per heavy atom. The molecule has 5 rings (SSSR count). The number of anilines is 2. The van der Waals surface area contributed by atoms with Gasteiger partial charge in [-0.1, -0.05) is 59.2 Å². The summed E-state index contributed by atoms with van der Waals surface area (Å²) >= 11 is 5.94. The lowest BCUT2D eigenvalue weighted by Crippen LogP contribution is -2.10. The Bertz CT molecular complexity index is 1600. The minimum absolute atomic E-state index is 0.0662. The molecule has 0 radical (unpaired) electrons. The van der Waals surface area contributed by atoms with Crippen LogP contribution in [0.25, 0.3) is 33.2 Å². The summed E-state index contributed by atoms with van der Waals surface area (Å²) in [6.07, 6.45) is 0. The molecule has 4 aromatic carbocycles. The third-order valence-corrected chi connectivity index (χ3v) is 6.19. The summed E-state index contributed by atoms with van der Waals surface area (Å²) in [6.45, 7) is 0.845. The average Bonchev–Trinajstić information content (AvgIpc) is 3.27. The van der Waals surface area contributed by atoms with Gasteiger partial charge in [-0.3, -0.25) is 0 Å². The molecule has 5 nitrogen and oxygen atoms in total.